The smallest absolute Gasteiger partial charge is 0.0107 e. The molecule has 4 unspecified atom stereocenters. The van der Waals surface area contributed by atoms with Gasteiger partial charge in [-0.3, -0.25) is 0 Å². The minimum atomic E-state index is 0.411. The van der Waals surface area contributed by atoms with Gasteiger partial charge in [0.1, 0.15) is 0 Å². The summed E-state index contributed by atoms with van der Waals surface area (Å²) in [5.41, 5.74) is 6.08. The second-order valence-corrected chi connectivity index (χ2v) is 6.20. The molecule has 0 aromatic heterocycles. The number of piperidine rings is 1. The fourth-order valence-electron chi connectivity index (χ4n) is 2.25. The first-order valence-electron chi connectivity index (χ1n) is 6.08. The van der Waals surface area contributed by atoms with Crippen LogP contribution in [0.5, 0.6) is 0 Å². The number of nitrogens with zero attached hydrogens (tertiary/aromatic N) is 1. The Labute approximate surface area is 99.0 Å². The summed E-state index contributed by atoms with van der Waals surface area (Å²) in [6, 6.07) is 1.07. The molecular formula is C12H26N2S. The van der Waals surface area contributed by atoms with Crippen LogP contribution in [0.2, 0.25) is 0 Å². The third-order valence-electron chi connectivity index (χ3n) is 3.99. The van der Waals surface area contributed by atoms with E-state index in [1.165, 1.54) is 25.9 Å². The van der Waals surface area contributed by atoms with E-state index in [1.54, 1.807) is 0 Å². The predicted octanol–water partition coefficient (Wildman–Crippen LogP) is 2.19. The zero-order valence-corrected chi connectivity index (χ0v) is 11.4. The van der Waals surface area contributed by atoms with Crippen molar-refractivity contribution in [1.29, 1.82) is 0 Å². The molecule has 0 aromatic rings. The van der Waals surface area contributed by atoms with Gasteiger partial charge in [0.15, 0.2) is 0 Å². The summed E-state index contributed by atoms with van der Waals surface area (Å²) in [7, 11) is 0. The van der Waals surface area contributed by atoms with E-state index in [9.17, 15) is 0 Å². The zero-order valence-electron chi connectivity index (χ0n) is 10.6. The van der Waals surface area contributed by atoms with Crippen LogP contribution < -0.4 is 5.73 Å². The van der Waals surface area contributed by atoms with E-state index in [2.05, 4.69) is 31.9 Å². The molecule has 0 aliphatic carbocycles. The fourth-order valence-corrected chi connectivity index (χ4v) is 2.59. The molecule has 2 N–H and O–H groups in total. The predicted molar refractivity (Wildman–Crippen MR) is 70.4 cm³/mol. The Balaban J connectivity index is 2.36. The first-order chi connectivity index (χ1) is 7.06. The van der Waals surface area contributed by atoms with Crippen molar-refractivity contribution in [3.63, 3.8) is 0 Å². The van der Waals surface area contributed by atoms with Crippen molar-refractivity contribution in [3.05, 3.63) is 0 Å². The molecular weight excluding hydrogens is 204 g/mol. The van der Waals surface area contributed by atoms with Crippen LogP contribution in [0, 0.1) is 5.92 Å². The highest BCUT2D eigenvalue weighted by atomic mass is 32.2. The van der Waals surface area contributed by atoms with Crippen molar-refractivity contribution in [2.75, 3.05) is 19.3 Å². The Bertz CT molecular complexity index is 186. The molecule has 0 amide bonds. The van der Waals surface area contributed by atoms with Gasteiger partial charge in [-0.2, -0.15) is 11.8 Å². The molecule has 0 bridgehead atoms. The van der Waals surface area contributed by atoms with E-state index in [1.807, 2.05) is 11.8 Å². The minimum Gasteiger partial charge on any atom is -0.327 e. The largest absolute Gasteiger partial charge is 0.327 e. The maximum absolute atomic E-state index is 6.08. The van der Waals surface area contributed by atoms with Gasteiger partial charge in [0.2, 0.25) is 0 Å². The maximum atomic E-state index is 6.08. The van der Waals surface area contributed by atoms with E-state index in [0.29, 0.717) is 18.0 Å². The summed E-state index contributed by atoms with van der Waals surface area (Å²) < 4.78 is 0. The summed E-state index contributed by atoms with van der Waals surface area (Å²) in [6.45, 7) is 9.36. The molecule has 1 aliphatic heterocycles. The normalized spacial score (nSPS) is 35.4. The van der Waals surface area contributed by atoms with Crippen molar-refractivity contribution in [2.45, 2.75) is 50.9 Å². The van der Waals surface area contributed by atoms with Gasteiger partial charge in [-0.05, 0) is 45.0 Å². The first kappa shape index (κ1) is 13.3. The molecule has 1 saturated heterocycles. The van der Waals surface area contributed by atoms with E-state index in [4.69, 9.17) is 5.73 Å². The van der Waals surface area contributed by atoms with Gasteiger partial charge in [0, 0.05) is 17.3 Å². The number of hydrogen-bond donors (Lipinski definition) is 1. The van der Waals surface area contributed by atoms with Crippen LogP contribution >= 0.6 is 11.8 Å². The summed E-state index contributed by atoms with van der Waals surface area (Å²) in [5, 5.41) is 0.781. The fraction of sp³-hybridized carbons (Fsp3) is 1.00. The maximum Gasteiger partial charge on any atom is 0.0107 e. The lowest BCUT2D eigenvalue weighted by Gasteiger charge is -2.41. The Morgan fingerprint density at radius 2 is 2.13 bits per heavy atom. The number of hydrogen-bond acceptors (Lipinski definition) is 3. The standard InChI is InChI=1S/C12H26N2S/c1-9(15-4)5-7-14-8-6-12(13)10(2)11(14)3/h9-12H,5-8,13H2,1-4H3. The van der Waals surface area contributed by atoms with Gasteiger partial charge in [-0.15, -0.1) is 0 Å². The average molecular weight is 230 g/mol. The van der Waals surface area contributed by atoms with Crippen LogP contribution in [-0.4, -0.2) is 41.6 Å². The molecule has 1 heterocycles. The third kappa shape index (κ3) is 3.65. The van der Waals surface area contributed by atoms with Crippen LogP contribution in [0.25, 0.3) is 0 Å². The number of likely N-dealkylation sites (tertiary alicyclic amines) is 1. The average Bonchev–Trinajstić information content (AvgIpc) is 2.24. The molecule has 4 atom stereocenters. The monoisotopic (exact) mass is 230 g/mol. The zero-order chi connectivity index (χ0) is 11.4. The molecule has 3 heteroatoms. The lowest BCUT2D eigenvalue weighted by molar-refractivity contribution is 0.0970. The summed E-state index contributed by atoms with van der Waals surface area (Å²) in [6.07, 6.45) is 4.66. The van der Waals surface area contributed by atoms with Gasteiger partial charge >= 0.3 is 0 Å². The van der Waals surface area contributed by atoms with E-state index in [0.717, 1.165) is 5.25 Å². The summed E-state index contributed by atoms with van der Waals surface area (Å²) >= 11 is 1.96. The second kappa shape index (κ2) is 6.12. The number of nitrogens with two attached hydrogens (primary N) is 1. The van der Waals surface area contributed by atoms with Crippen LogP contribution in [0.1, 0.15) is 33.6 Å². The topological polar surface area (TPSA) is 29.3 Å². The van der Waals surface area contributed by atoms with Gasteiger partial charge in [-0.1, -0.05) is 13.8 Å². The van der Waals surface area contributed by atoms with E-state index >= 15 is 0 Å². The Hall–Kier alpha value is 0.270. The Morgan fingerprint density at radius 1 is 1.47 bits per heavy atom. The molecule has 15 heavy (non-hydrogen) atoms. The second-order valence-electron chi connectivity index (χ2n) is 4.92. The highest BCUT2D eigenvalue weighted by Gasteiger charge is 2.29. The molecule has 1 fully saturated rings. The molecule has 0 radical (unpaired) electrons. The van der Waals surface area contributed by atoms with Gasteiger partial charge in [0.05, 0.1) is 0 Å². The quantitative estimate of drug-likeness (QED) is 0.803. The molecule has 1 aliphatic rings. The van der Waals surface area contributed by atoms with Crippen molar-refractivity contribution in [1.82, 2.24) is 4.90 Å². The van der Waals surface area contributed by atoms with Gasteiger partial charge in [-0.25, -0.2) is 0 Å². The Morgan fingerprint density at radius 3 is 2.73 bits per heavy atom. The summed E-state index contributed by atoms with van der Waals surface area (Å²) in [4.78, 5) is 2.61. The molecule has 1 rings (SSSR count). The molecule has 0 aromatic carbocycles. The highest BCUT2D eigenvalue weighted by Crippen LogP contribution is 2.23. The SMILES string of the molecule is CSC(C)CCN1CCC(N)C(C)C1C. The molecule has 0 saturated carbocycles. The minimum absolute atomic E-state index is 0.411. The molecule has 90 valence electrons. The van der Waals surface area contributed by atoms with Crippen LogP contribution in [-0.2, 0) is 0 Å². The lowest BCUT2D eigenvalue weighted by atomic mass is 9.87. The lowest BCUT2D eigenvalue weighted by Crippen LogP contribution is -2.52. The van der Waals surface area contributed by atoms with Gasteiger partial charge < -0.3 is 10.6 Å². The van der Waals surface area contributed by atoms with Crippen LogP contribution in [0.15, 0.2) is 0 Å². The van der Waals surface area contributed by atoms with Crippen molar-refractivity contribution < 1.29 is 0 Å². The highest BCUT2D eigenvalue weighted by molar-refractivity contribution is 7.99. The van der Waals surface area contributed by atoms with Crippen LogP contribution in [0.4, 0.5) is 0 Å². The summed E-state index contributed by atoms with van der Waals surface area (Å²) in [5.74, 6) is 0.642. The van der Waals surface area contributed by atoms with Crippen molar-refractivity contribution >= 4 is 11.8 Å². The first-order valence-corrected chi connectivity index (χ1v) is 7.37. The number of thioether (sulfide) groups is 1. The van der Waals surface area contributed by atoms with E-state index < -0.39 is 0 Å². The molecule has 0 spiro atoms. The Kier molecular flexibility index (Phi) is 5.44. The third-order valence-corrected chi connectivity index (χ3v) is 5.03. The van der Waals surface area contributed by atoms with Crippen molar-refractivity contribution in [2.24, 2.45) is 11.7 Å². The van der Waals surface area contributed by atoms with Crippen LogP contribution in [0.3, 0.4) is 0 Å². The van der Waals surface area contributed by atoms with E-state index in [-0.39, 0.29) is 0 Å². The molecule has 2 nitrogen and oxygen atoms in total. The van der Waals surface area contributed by atoms with Crippen molar-refractivity contribution in [3.8, 4) is 0 Å². The number of rotatable bonds is 4. The van der Waals surface area contributed by atoms with Gasteiger partial charge in [0.25, 0.3) is 0 Å².